The second kappa shape index (κ2) is 7.05. The Balaban J connectivity index is 1.43. The highest BCUT2D eigenvalue weighted by Gasteiger charge is 2.66. The van der Waals surface area contributed by atoms with Crippen LogP contribution in [0.15, 0.2) is 36.4 Å². The number of halogens is 2. The Labute approximate surface area is 191 Å². The number of anilines is 1. The summed E-state index contributed by atoms with van der Waals surface area (Å²) >= 11 is 7.41. The molecule has 6 nitrogen and oxygen atoms in total. The van der Waals surface area contributed by atoms with Crippen LogP contribution >= 0.6 is 31.9 Å². The molecule has 3 amide bonds. The number of imide groups is 1. The van der Waals surface area contributed by atoms with Crippen LogP contribution in [-0.4, -0.2) is 32.1 Å². The van der Waals surface area contributed by atoms with Crippen LogP contribution in [0.5, 0.6) is 0 Å². The molecule has 1 aliphatic heterocycles. The third kappa shape index (κ3) is 2.76. The number of fused-ring (bicyclic) bond motifs is 5. The second-order valence-electron chi connectivity index (χ2n) is 8.46. The van der Waals surface area contributed by atoms with Crippen LogP contribution in [0.1, 0.15) is 28.2 Å². The largest absolute Gasteiger partial charge is 0.274 e. The number of amides is 3. The first-order valence-corrected chi connectivity index (χ1v) is 11.8. The molecule has 156 valence electrons. The summed E-state index contributed by atoms with van der Waals surface area (Å²) < 4.78 is 1.72. The first kappa shape index (κ1) is 20.0. The average Bonchev–Trinajstić information content (AvgIpc) is 3.42. The quantitative estimate of drug-likeness (QED) is 0.481. The molecule has 1 aromatic heterocycles. The number of hydrogen-bond acceptors (Lipinski definition) is 3. The summed E-state index contributed by atoms with van der Waals surface area (Å²) in [6, 6.07) is 10.6. The lowest BCUT2D eigenvalue weighted by atomic mass is 9.81. The highest BCUT2D eigenvalue weighted by atomic mass is 79.9. The Kier molecular flexibility index (Phi) is 4.70. The van der Waals surface area contributed by atoms with E-state index in [0.29, 0.717) is 11.3 Å². The fourth-order valence-electron chi connectivity index (χ4n) is 5.40. The van der Waals surface area contributed by atoms with Gasteiger partial charge in [-0.25, -0.2) is 0 Å². The minimum Gasteiger partial charge on any atom is -0.274 e. The Morgan fingerprint density at radius 3 is 2.10 bits per heavy atom. The summed E-state index contributed by atoms with van der Waals surface area (Å²) in [5.41, 5.74) is 5.56. The normalized spacial score (nSPS) is 32.1. The van der Waals surface area contributed by atoms with Crippen LogP contribution in [0.2, 0.25) is 0 Å². The molecule has 1 aromatic carbocycles. The molecular formula is C22H21Br2N3O3. The minimum atomic E-state index is -0.292. The molecule has 3 fully saturated rings. The van der Waals surface area contributed by atoms with E-state index >= 15 is 0 Å². The predicted octanol–water partition coefficient (Wildman–Crippen LogP) is 3.77. The fraction of sp³-hybridized carbons (Fsp3) is 0.409. The number of alkyl halides is 2. The molecule has 0 unspecified atom stereocenters. The van der Waals surface area contributed by atoms with Crippen molar-refractivity contribution in [2.24, 2.45) is 23.7 Å². The number of carbonyl (C=O) groups excluding carboxylic acids is 3. The zero-order chi connectivity index (χ0) is 21.3. The topological polar surface area (TPSA) is 71.4 Å². The maximum atomic E-state index is 13.2. The second-order valence-corrected chi connectivity index (χ2v) is 10.6. The lowest BCUT2D eigenvalue weighted by Gasteiger charge is -2.28. The number of hydrogen-bond donors (Lipinski definition) is 1. The monoisotopic (exact) mass is 533 g/mol. The van der Waals surface area contributed by atoms with Crippen molar-refractivity contribution >= 4 is 55.3 Å². The van der Waals surface area contributed by atoms with Gasteiger partial charge in [0.25, 0.3) is 5.91 Å². The molecule has 1 N–H and O–H groups in total. The molecule has 2 bridgehead atoms. The highest BCUT2D eigenvalue weighted by molar-refractivity contribution is 9.12. The van der Waals surface area contributed by atoms with Gasteiger partial charge in [0, 0.05) is 26.6 Å². The molecule has 5 rings (SSSR count). The van der Waals surface area contributed by atoms with Crippen molar-refractivity contribution in [3.8, 4) is 0 Å². The van der Waals surface area contributed by atoms with E-state index in [2.05, 4.69) is 37.3 Å². The molecule has 2 aliphatic carbocycles. The van der Waals surface area contributed by atoms with E-state index in [1.807, 2.05) is 26.0 Å². The number of carbonyl (C=O) groups is 3. The number of nitrogens with zero attached hydrogens (tertiary/aromatic N) is 2. The predicted molar refractivity (Wildman–Crippen MR) is 121 cm³/mol. The first-order valence-electron chi connectivity index (χ1n) is 10.0. The number of nitrogens with one attached hydrogen (secondary N) is 1. The van der Waals surface area contributed by atoms with E-state index in [-0.39, 0.29) is 51.0 Å². The van der Waals surface area contributed by atoms with Crippen LogP contribution in [0.4, 0.5) is 5.69 Å². The first-order chi connectivity index (χ1) is 14.3. The smallest absolute Gasteiger partial charge is 0.270 e. The van der Waals surface area contributed by atoms with E-state index in [0.717, 1.165) is 17.8 Å². The van der Waals surface area contributed by atoms with Crippen molar-refractivity contribution in [3.05, 3.63) is 53.3 Å². The molecule has 6 atom stereocenters. The molecule has 1 saturated heterocycles. The van der Waals surface area contributed by atoms with Crippen LogP contribution < -0.4 is 10.3 Å². The zero-order valence-electron chi connectivity index (χ0n) is 16.5. The Bertz CT molecular complexity index is 1030. The third-order valence-corrected chi connectivity index (χ3v) is 10.0. The maximum absolute atomic E-state index is 13.2. The van der Waals surface area contributed by atoms with Crippen LogP contribution in [0.25, 0.3) is 0 Å². The lowest BCUT2D eigenvalue weighted by molar-refractivity contribution is -0.123. The van der Waals surface area contributed by atoms with Crippen molar-refractivity contribution in [1.82, 2.24) is 4.68 Å². The van der Waals surface area contributed by atoms with Gasteiger partial charge in [-0.3, -0.25) is 29.4 Å². The van der Waals surface area contributed by atoms with Crippen molar-refractivity contribution in [3.63, 3.8) is 0 Å². The van der Waals surface area contributed by atoms with Gasteiger partial charge < -0.3 is 0 Å². The molecule has 2 heterocycles. The third-order valence-electron chi connectivity index (χ3n) is 6.84. The van der Waals surface area contributed by atoms with Gasteiger partial charge in [-0.1, -0.05) is 37.9 Å². The SMILES string of the molecule is Cc1ccc(C)n1NC(=O)c1cccc(N2C(=O)[C@@H]3[C@H]4C[C@@H]([C@H](Br)[C@H]4Br)[C@@H]3C2=O)c1. The molecule has 30 heavy (non-hydrogen) atoms. The molecule has 8 heteroatoms. The number of rotatable bonds is 3. The van der Waals surface area contributed by atoms with Gasteiger partial charge in [0.1, 0.15) is 0 Å². The van der Waals surface area contributed by atoms with Gasteiger partial charge in [0.2, 0.25) is 11.8 Å². The maximum Gasteiger partial charge on any atom is 0.270 e. The van der Waals surface area contributed by atoms with Crippen LogP contribution in [0.3, 0.4) is 0 Å². The Morgan fingerprint density at radius 2 is 1.53 bits per heavy atom. The summed E-state index contributed by atoms with van der Waals surface area (Å²) in [7, 11) is 0. The molecule has 0 spiro atoms. The molecule has 2 aromatic rings. The van der Waals surface area contributed by atoms with Gasteiger partial charge in [0.05, 0.1) is 17.5 Å². The summed E-state index contributed by atoms with van der Waals surface area (Å²) in [4.78, 5) is 41.0. The molecule has 0 radical (unpaired) electrons. The fourth-order valence-corrected chi connectivity index (χ4v) is 7.27. The number of benzene rings is 1. The summed E-state index contributed by atoms with van der Waals surface area (Å²) in [5, 5.41) is 0. The van der Waals surface area contributed by atoms with E-state index < -0.39 is 0 Å². The van der Waals surface area contributed by atoms with Crippen molar-refractivity contribution < 1.29 is 14.4 Å². The summed E-state index contributed by atoms with van der Waals surface area (Å²) in [6.07, 6.45) is 0.893. The molecular weight excluding hydrogens is 514 g/mol. The van der Waals surface area contributed by atoms with Gasteiger partial charge >= 0.3 is 0 Å². The van der Waals surface area contributed by atoms with E-state index in [1.165, 1.54) is 4.90 Å². The van der Waals surface area contributed by atoms with Crippen LogP contribution in [0, 0.1) is 37.5 Å². The average molecular weight is 535 g/mol. The summed E-state index contributed by atoms with van der Waals surface area (Å²) in [6.45, 7) is 3.82. The van der Waals surface area contributed by atoms with Gasteiger partial charge in [-0.05, 0) is 62.4 Å². The standard InChI is InChI=1S/C22H21Br2N3O3/c1-10-6-7-11(2)27(10)25-20(28)12-4-3-5-13(8-12)26-21(29)16-14-9-15(17(16)22(26)30)19(24)18(14)23/h3-8,14-19H,9H2,1-2H3,(H,25,28)/t14-,15-,16-,17+,18+,19+/m1/s1. The summed E-state index contributed by atoms with van der Waals surface area (Å²) in [5.74, 6) is -0.799. The van der Waals surface area contributed by atoms with E-state index in [9.17, 15) is 14.4 Å². The Hall–Kier alpha value is -1.93. The van der Waals surface area contributed by atoms with Crippen molar-refractivity contribution in [2.75, 3.05) is 10.3 Å². The van der Waals surface area contributed by atoms with Gasteiger partial charge in [0.15, 0.2) is 0 Å². The van der Waals surface area contributed by atoms with Gasteiger partial charge in [-0.2, -0.15) is 0 Å². The minimum absolute atomic E-state index is 0.143. The zero-order valence-corrected chi connectivity index (χ0v) is 19.7. The Morgan fingerprint density at radius 1 is 0.967 bits per heavy atom. The van der Waals surface area contributed by atoms with Crippen molar-refractivity contribution in [1.29, 1.82) is 0 Å². The highest BCUT2D eigenvalue weighted by Crippen LogP contribution is 2.60. The molecule has 2 saturated carbocycles. The number of aryl methyl sites for hydroxylation is 2. The van der Waals surface area contributed by atoms with Crippen molar-refractivity contribution in [2.45, 2.75) is 29.9 Å². The number of aromatic nitrogens is 1. The molecule has 3 aliphatic rings. The van der Waals surface area contributed by atoms with E-state index in [4.69, 9.17) is 0 Å². The van der Waals surface area contributed by atoms with E-state index in [1.54, 1.807) is 28.9 Å². The lowest BCUT2D eigenvalue weighted by Crippen LogP contribution is -2.37. The van der Waals surface area contributed by atoms with Gasteiger partial charge in [-0.15, -0.1) is 0 Å². The van der Waals surface area contributed by atoms with Crippen LogP contribution in [-0.2, 0) is 9.59 Å².